The van der Waals surface area contributed by atoms with Crippen molar-refractivity contribution in [2.24, 2.45) is 11.8 Å². The first-order valence-corrected chi connectivity index (χ1v) is 13.2. The smallest absolute Gasteiger partial charge is 0.246 e. The van der Waals surface area contributed by atoms with E-state index in [0.717, 1.165) is 84.7 Å². The maximum Gasteiger partial charge on any atom is 0.246 e. The molecule has 1 aliphatic heterocycles. The third-order valence-electron chi connectivity index (χ3n) is 7.37. The summed E-state index contributed by atoms with van der Waals surface area (Å²) in [4.78, 5) is 2.53. The van der Waals surface area contributed by atoms with Crippen molar-refractivity contribution < 1.29 is 23.4 Å². The second kappa shape index (κ2) is 10.7. The van der Waals surface area contributed by atoms with Gasteiger partial charge in [-0.05, 0) is 76.0 Å². The molecule has 196 valence electrons. The molecule has 3 aromatic rings. The van der Waals surface area contributed by atoms with E-state index >= 15 is 0 Å². The molecule has 1 aliphatic carbocycles. The first kappa shape index (κ1) is 25.0. The minimum atomic E-state index is 0.497. The van der Waals surface area contributed by atoms with E-state index in [4.69, 9.17) is 28.5 Å². The number of methoxy groups -OCH3 is 2. The highest BCUT2D eigenvalue weighted by atomic mass is 16.5. The van der Waals surface area contributed by atoms with Gasteiger partial charge in [0.25, 0.3) is 0 Å². The number of fused-ring (bicyclic) bond motifs is 1. The van der Waals surface area contributed by atoms with E-state index in [1.807, 2.05) is 30.5 Å². The molecule has 5 rings (SSSR count). The van der Waals surface area contributed by atoms with Gasteiger partial charge in [0.1, 0.15) is 28.6 Å². The van der Waals surface area contributed by atoms with Crippen LogP contribution in [0.5, 0.6) is 11.5 Å². The molecular formula is C28H39N3O5. The fraction of sp³-hybridized carbons (Fsp3) is 0.607. The van der Waals surface area contributed by atoms with E-state index in [0.29, 0.717) is 30.6 Å². The van der Waals surface area contributed by atoms with Crippen molar-refractivity contribution in [2.45, 2.75) is 53.1 Å². The van der Waals surface area contributed by atoms with Gasteiger partial charge in [0.05, 0.1) is 32.1 Å². The van der Waals surface area contributed by atoms with Crippen LogP contribution in [0.1, 0.15) is 49.6 Å². The average molecular weight is 498 g/mol. The Morgan fingerprint density at radius 1 is 1.00 bits per heavy atom. The first-order valence-electron chi connectivity index (χ1n) is 13.2. The van der Waals surface area contributed by atoms with Gasteiger partial charge in [0.15, 0.2) is 0 Å². The van der Waals surface area contributed by atoms with Crippen molar-refractivity contribution in [3.8, 4) is 22.8 Å². The number of oxazole rings is 1. The normalized spacial score (nSPS) is 16.6. The van der Waals surface area contributed by atoms with E-state index in [1.54, 1.807) is 14.2 Å². The summed E-state index contributed by atoms with van der Waals surface area (Å²) < 4.78 is 31.3. The van der Waals surface area contributed by atoms with Crippen molar-refractivity contribution in [2.75, 3.05) is 52.0 Å². The van der Waals surface area contributed by atoms with Crippen molar-refractivity contribution in [1.82, 2.24) is 9.61 Å². The molecular weight excluding hydrogens is 458 g/mol. The molecule has 0 spiro atoms. The quantitative estimate of drug-likeness (QED) is 0.351. The molecule has 1 saturated heterocycles. The average Bonchev–Trinajstić information content (AvgIpc) is 3.58. The summed E-state index contributed by atoms with van der Waals surface area (Å²) in [5.41, 5.74) is 5.56. The molecule has 2 fully saturated rings. The zero-order chi connectivity index (χ0) is 25.2. The number of nitrogens with zero attached hydrogens (tertiary/aromatic N) is 3. The zero-order valence-electron chi connectivity index (χ0n) is 22.3. The van der Waals surface area contributed by atoms with Crippen LogP contribution < -0.4 is 14.4 Å². The van der Waals surface area contributed by atoms with Gasteiger partial charge in [0, 0.05) is 32.9 Å². The molecule has 0 N–H and O–H groups in total. The van der Waals surface area contributed by atoms with Crippen LogP contribution >= 0.6 is 0 Å². The van der Waals surface area contributed by atoms with Crippen molar-refractivity contribution in [3.63, 3.8) is 0 Å². The molecule has 2 aromatic heterocycles. The van der Waals surface area contributed by atoms with Gasteiger partial charge in [-0.2, -0.15) is 9.61 Å². The fourth-order valence-electron chi connectivity index (χ4n) is 5.34. The highest BCUT2D eigenvalue weighted by molar-refractivity contribution is 5.81. The van der Waals surface area contributed by atoms with Crippen LogP contribution in [-0.2, 0) is 16.1 Å². The number of rotatable bonds is 11. The minimum absolute atomic E-state index is 0.497. The van der Waals surface area contributed by atoms with Gasteiger partial charge in [-0.25, -0.2) is 0 Å². The molecule has 0 amide bonds. The Morgan fingerprint density at radius 2 is 1.64 bits per heavy atom. The number of benzene rings is 1. The van der Waals surface area contributed by atoms with E-state index in [2.05, 4.69) is 11.8 Å². The highest BCUT2D eigenvalue weighted by Crippen LogP contribution is 2.44. The fourth-order valence-corrected chi connectivity index (χ4v) is 5.34. The first-order chi connectivity index (χ1) is 17.5. The van der Waals surface area contributed by atoms with Crippen LogP contribution in [0.4, 0.5) is 5.69 Å². The molecule has 8 heteroatoms. The second-order valence-corrected chi connectivity index (χ2v) is 10.1. The van der Waals surface area contributed by atoms with Gasteiger partial charge in [-0.15, -0.1) is 0 Å². The zero-order valence-corrected chi connectivity index (χ0v) is 22.3. The Morgan fingerprint density at radius 3 is 2.22 bits per heavy atom. The monoisotopic (exact) mass is 497 g/mol. The summed E-state index contributed by atoms with van der Waals surface area (Å²) in [6.07, 6.45) is 4.82. The molecule has 0 radical (unpaired) electrons. The number of anilines is 1. The standard InChI is InChI=1S/C28H39N3O5/c1-6-34-17-22-13-23(32-4)25(24(14-22)33-5)27-19(3)36-28-26(18(2)29-31(27)28)30(15-20-7-8-20)16-21-9-11-35-12-10-21/h13-14,20-21H,6-12,15-17H2,1-5H3. The lowest BCUT2D eigenvalue weighted by Gasteiger charge is -2.30. The van der Waals surface area contributed by atoms with Crippen LogP contribution in [0.2, 0.25) is 0 Å². The maximum atomic E-state index is 6.47. The SMILES string of the molecule is CCOCc1cc(OC)c(-c2c(C)oc3c(N(CC4CCOCC4)CC4CC4)c(C)nn23)c(OC)c1. The van der Waals surface area contributed by atoms with Gasteiger partial charge in [0.2, 0.25) is 5.71 Å². The Balaban J connectivity index is 1.58. The van der Waals surface area contributed by atoms with Crippen LogP contribution in [0, 0.1) is 25.7 Å². The summed E-state index contributed by atoms with van der Waals surface area (Å²) in [6, 6.07) is 4.02. The summed E-state index contributed by atoms with van der Waals surface area (Å²) >= 11 is 0. The van der Waals surface area contributed by atoms with Crippen molar-refractivity contribution in [3.05, 3.63) is 29.2 Å². The van der Waals surface area contributed by atoms with Crippen LogP contribution in [-0.4, -0.2) is 56.7 Å². The number of aromatic nitrogens is 2. The second-order valence-electron chi connectivity index (χ2n) is 10.1. The van der Waals surface area contributed by atoms with Crippen molar-refractivity contribution in [1.29, 1.82) is 0 Å². The Labute approximate surface area is 213 Å². The molecule has 0 bridgehead atoms. The van der Waals surface area contributed by atoms with Gasteiger partial charge in [-0.1, -0.05) is 0 Å². The minimum Gasteiger partial charge on any atom is -0.496 e. The number of hydrogen-bond donors (Lipinski definition) is 0. The molecule has 36 heavy (non-hydrogen) atoms. The molecule has 0 unspecified atom stereocenters. The van der Waals surface area contributed by atoms with E-state index < -0.39 is 0 Å². The van der Waals surface area contributed by atoms with Crippen molar-refractivity contribution >= 4 is 11.4 Å². The highest BCUT2D eigenvalue weighted by Gasteiger charge is 2.32. The van der Waals surface area contributed by atoms with E-state index in [9.17, 15) is 0 Å². The van der Waals surface area contributed by atoms with Gasteiger partial charge >= 0.3 is 0 Å². The molecule has 1 aromatic carbocycles. The number of aryl methyl sites for hydroxylation is 2. The molecule has 1 saturated carbocycles. The van der Waals surface area contributed by atoms with E-state index in [1.165, 1.54) is 12.8 Å². The van der Waals surface area contributed by atoms with Crippen LogP contribution in [0.15, 0.2) is 16.5 Å². The molecule has 0 atom stereocenters. The Bertz CT molecular complexity index is 1160. The van der Waals surface area contributed by atoms with Gasteiger partial charge in [-0.3, -0.25) is 0 Å². The topological polar surface area (TPSA) is 70.6 Å². The van der Waals surface area contributed by atoms with Gasteiger partial charge < -0.3 is 28.3 Å². The lowest BCUT2D eigenvalue weighted by molar-refractivity contribution is 0.0681. The summed E-state index contributed by atoms with van der Waals surface area (Å²) in [5.74, 6) is 3.58. The number of hydrogen-bond acceptors (Lipinski definition) is 7. The summed E-state index contributed by atoms with van der Waals surface area (Å²) in [7, 11) is 3.36. The third kappa shape index (κ3) is 4.93. The maximum absolute atomic E-state index is 6.47. The largest absolute Gasteiger partial charge is 0.496 e. The summed E-state index contributed by atoms with van der Waals surface area (Å²) in [6.45, 7) is 11.0. The molecule has 8 nitrogen and oxygen atoms in total. The van der Waals surface area contributed by atoms with Crippen LogP contribution in [0.25, 0.3) is 17.0 Å². The van der Waals surface area contributed by atoms with E-state index in [-0.39, 0.29) is 0 Å². The Hall–Kier alpha value is -2.71. The predicted octanol–water partition coefficient (Wildman–Crippen LogP) is 5.41. The molecule has 3 heterocycles. The predicted molar refractivity (Wildman–Crippen MR) is 139 cm³/mol. The third-order valence-corrected chi connectivity index (χ3v) is 7.37. The lowest BCUT2D eigenvalue weighted by Crippen LogP contribution is -2.34. The van der Waals surface area contributed by atoms with Crippen LogP contribution in [0.3, 0.4) is 0 Å². The Kier molecular flexibility index (Phi) is 7.44. The summed E-state index contributed by atoms with van der Waals surface area (Å²) in [5, 5.41) is 5.00. The molecule has 2 aliphatic rings. The number of ether oxygens (including phenoxy) is 4. The lowest BCUT2D eigenvalue weighted by atomic mass is 9.99.